The van der Waals surface area contributed by atoms with E-state index in [2.05, 4.69) is 10.6 Å². The molecule has 7 nitrogen and oxygen atoms in total. The number of hydrogen-bond acceptors (Lipinski definition) is 5. The number of carbonyl (C=O) groups is 2. The third-order valence-corrected chi connectivity index (χ3v) is 4.41. The molecule has 0 unspecified atom stereocenters. The number of anilines is 1. The average molecular weight is 384 g/mol. The first-order valence-corrected chi connectivity index (χ1v) is 9.01. The van der Waals surface area contributed by atoms with E-state index in [-0.39, 0.29) is 11.7 Å². The minimum Gasteiger partial charge on any atom is -0.465 e. The van der Waals surface area contributed by atoms with E-state index in [4.69, 9.17) is 14.2 Å². The lowest BCUT2D eigenvalue weighted by Crippen LogP contribution is -2.52. The number of nitrogens with one attached hydrogen (secondary N) is 2. The Morgan fingerprint density at radius 2 is 1.75 bits per heavy atom. The quantitative estimate of drug-likeness (QED) is 0.788. The monoisotopic (exact) mass is 384 g/mol. The van der Waals surface area contributed by atoms with Crippen LogP contribution in [-0.2, 0) is 14.2 Å². The molecular formula is C21H24N2O5. The normalized spacial score (nSPS) is 20.8. The summed E-state index contributed by atoms with van der Waals surface area (Å²) >= 11 is 0. The molecule has 2 atom stereocenters. The number of esters is 1. The minimum absolute atomic E-state index is 0.275. The predicted molar refractivity (Wildman–Crippen MR) is 104 cm³/mol. The van der Waals surface area contributed by atoms with Crippen molar-refractivity contribution in [2.24, 2.45) is 0 Å². The van der Waals surface area contributed by atoms with Crippen LogP contribution in [0.1, 0.15) is 35.9 Å². The molecular weight excluding hydrogens is 360 g/mol. The van der Waals surface area contributed by atoms with Crippen molar-refractivity contribution in [3.05, 3.63) is 65.7 Å². The Bertz CT molecular complexity index is 838. The molecule has 7 heteroatoms. The van der Waals surface area contributed by atoms with E-state index in [0.29, 0.717) is 12.3 Å². The number of ether oxygens (including phenoxy) is 3. The molecule has 1 heterocycles. The molecule has 2 amide bonds. The number of urea groups is 1. The first-order valence-electron chi connectivity index (χ1n) is 9.01. The number of para-hydroxylation sites is 1. The molecule has 1 saturated heterocycles. The summed E-state index contributed by atoms with van der Waals surface area (Å²) in [4.78, 5) is 24.5. The molecule has 2 aromatic rings. The zero-order valence-corrected chi connectivity index (χ0v) is 16.1. The van der Waals surface area contributed by atoms with Crippen molar-refractivity contribution >= 4 is 17.7 Å². The van der Waals surface area contributed by atoms with Crippen molar-refractivity contribution in [2.75, 3.05) is 19.0 Å². The van der Waals surface area contributed by atoms with Gasteiger partial charge in [-0.2, -0.15) is 0 Å². The molecule has 0 bridgehead atoms. The zero-order valence-electron chi connectivity index (χ0n) is 16.1. The van der Waals surface area contributed by atoms with Crippen LogP contribution in [0, 0.1) is 0 Å². The van der Waals surface area contributed by atoms with Gasteiger partial charge in [0.25, 0.3) is 0 Å². The molecule has 1 aliphatic rings. The van der Waals surface area contributed by atoms with Gasteiger partial charge in [0.1, 0.15) is 6.10 Å². The molecule has 0 aliphatic carbocycles. The second-order valence-electron chi connectivity index (χ2n) is 6.90. The van der Waals surface area contributed by atoms with Gasteiger partial charge in [0.15, 0.2) is 5.79 Å². The van der Waals surface area contributed by atoms with Gasteiger partial charge in [-0.15, -0.1) is 0 Å². The van der Waals surface area contributed by atoms with Crippen molar-refractivity contribution in [3.63, 3.8) is 0 Å². The number of amides is 2. The Labute approximate surface area is 164 Å². The van der Waals surface area contributed by atoms with Crippen molar-refractivity contribution in [1.29, 1.82) is 0 Å². The first kappa shape index (κ1) is 19.9. The highest BCUT2D eigenvalue weighted by atomic mass is 16.7. The molecule has 2 N–H and O–H groups in total. The van der Waals surface area contributed by atoms with Gasteiger partial charge < -0.3 is 24.8 Å². The fourth-order valence-corrected chi connectivity index (χ4v) is 3.07. The molecule has 1 fully saturated rings. The Morgan fingerprint density at radius 1 is 1.07 bits per heavy atom. The van der Waals surface area contributed by atoms with Crippen LogP contribution in [0.15, 0.2) is 54.6 Å². The molecule has 2 aromatic carbocycles. The Hall–Kier alpha value is -2.90. The Morgan fingerprint density at radius 3 is 2.46 bits per heavy atom. The van der Waals surface area contributed by atoms with E-state index < -0.39 is 23.8 Å². The summed E-state index contributed by atoms with van der Waals surface area (Å²) in [6, 6.07) is 15.4. The average Bonchev–Trinajstić information content (AvgIpc) is 2.69. The highest BCUT2D eigenvalue weighted by Crippen LogP contribution is 2.33. The van der Waals surface area contributed by atoms with Crippen LogP contribution in [0.25, 0.3) is 0 Å². The SMILES string of the molecule is COC(=O)c1ccccc1NC(=O)N[C@H]1COC(C)(C)O[C@H]1c1ccccc1. The van der Waals surface area contributed by atoms with Gasteiger partial charge >= 0.3 is 12.0 Å². The van der Waals surface area contributed by atoms with E-state index in [9.17, 15) is 9.59 Å². The summed E-state index contributed by atoms with van der Waals surface area (Å²) < 4.78 is 16.5. The van der Waals surface area contributed by atoms with Gasteiger partial charge in [-0.25, -0.2) is 9.59 Å². The Kier molecular flexibility index (Phi) is 5.96. The highest BCUT2D eigenvalue weighted by molar-refractivity contribution is 6.00. The van der Waals surface area contributed by atoms with Gasteiger partial charge in [-0.3, -0.25) is 0 Å². The highest BCUT2D eigenvalue weighted by Gasteiger charge is 2.38. The fraction of sp³-hybridized carbons (Fsp3) is 0.333. The molecule has 0 saturated carbocycles. The standard InChI is InChI=1S/C21H24N2O5/c1-21(2)27-13-17(18(28-21)14-9-5-4-6-10-14)23-20(25)22-16-12-8-7-11-15(16)19(24)26-3/h4-12,17-18H,13H2,1-3H3,(H2,22,23,25)/t17-,18-/m0/s1. The molecule has 148 valence electrons. The molecule has 3 rings (SSSR count). The number of methoxy groups -OCH3 is 1. The molecule has 0 spiro atoms. The molecule has 1 aliphatic heterocycles. The first-order chi connectivity index (χ1) is 13.4. The van der Waals surface area contributed by atoms with Crippen LogP contribution >= 0.6 is 0 Å². The van der Waals surface area contributed by atoms with E-state index >= 15 is 0 Å². The lowest BCUT2D eigenvalue weighted by Gasteiger charge is -2.41. The summed E-state index contributed by atoms with van der Waals surface area (Å²) in [5, 5.41) is 5.59. The smallest absolute Gasteiger partial charge is 0.339 e. The number of carbonyl (C=O) groups excluding carboxylic acids is 2. The topological polar surface area (TPSA) is 85.9 Å². The maximum atomic E-state index is 12.6. The van der Waals surface area contributed by atoms with Crippen molar-refractivity contribution in [3.8, 4) is 0 Å². The van der Waals surface area contributed by atoms with E-state index in [1.165, 1.54) is 7.11 Å². The number of hydrogen-bond donors (Lipinski definition) is 2. The summed E-state index contributed by atoms with van der Waals surface area (Å²) in [7, 11) is 1.29. The van der Waals surface area contributed by atoms with Gasteiger partial charge in [0.05, 0.1) is 31.0 Å². The van der Waals surface area contributed by atoms with Crippen LogP contribution in [0.3, 0.4) is 0 Å². The third kappa shape index (κ3) is 4.68. The minimum atomic E-state index is -0.757. The van der Waals surface area contributed by atoms with Gasteiger partial charge in [-0.1, -0.05) is 42.5 Å². The van der Waals surface area contributed by atoms with Crippen LogP contribution in [0.4, 0.5) is 10.5 Å². The summed E-state index contributed by atoms with van der Waals surface area (Å²) in [6.45, 7) is 3.97. The van der Waals surface area contributed by atoms with Gasteiger partial charge in [0.2, 0.25) is 0 Å². The van der Waals surface area contributed by atoms with Crippen molar-refractivity contribution in [1.82, 2.24) is 5.32 Å². The van der Waals surface area contributed by atoms with Crippen LogP contribution in [0.2, 0.25) is 0 Å². The predicted octanol–water partition coefficient (Wildman–Crippen LogP) is 3.49. The van der Waals surface area contributed by atoms with Crippen LogP contribution < -0.4 is 10.6 Å². The number of rotatable bonds is 4. The summed E-state index contributed by atoms with van der Waals surface area (Å²) in [6.07, 6.45) is -0.369. The number of benzene rings is 2. The largest absolute Gasteiger partial charge is 0.465 e. The van der Waals surface area contributed by atoms with E-state index in [1.807, 2.05) is 44.2 Å². The van der Waals surface area contributed by atoms with Crippen molar-refractivity contribution < 1.29 is 23.8 Å². The zero-order chi connectivity index (χ0) is 20.1. The van der Waals surface area contributed by atoms with Crippen LogP contribution in [-0.4, -0.2) is 37.5 Å². The van der Waals surface area contributed by atoms with E-state index in [1.54, 1.807) is 24.3 Å². The second-order valence-corrected chi connectivity index (χ2v) is 6.90. The molecule has 0 radical (unpaired) electrons. The molecule has 0 aromatic heterocycles. The molecule has 28 heavy (non-hydrogen) atoms. The lowest BCUT2D eigenvalue weighted by atomic mass is 10.0. The van der Waals surface area contributed by atoms with Gasteiger partial charge in [0, 0.05) is 0 Å². The van der Waals surface area contributed by atoms with Gasteiger partial charge in [-0.05, 0) is 31.5 Å². The Balaban J connectivity index is 1.75. The summed E-state index contributed by atoms with van der Waals surface area (Å²) in [5.41, 5.74) is 1.58. The lowest BCUT2D eigenvalue weighted by molar-refractivity contribution is -0.284. The summed E-state index contributed by atoms with van der Waals surface area (Å²) in [5.74, 6) is -1.28. The maximum absolute atomic E-state index is 12.6. The second kappa shape index (κ2) is 8.41. The maximum Gasteiger partial charge on any atom is 0.339 e. The van der Waals surface area contributed by atoms with E-state index in [0.717, 1.165) is 5.56 Å². The van der Waals surface area contributed by atoms with Crippen LogP contribution in [0.5, 0.6) is 0 Å². The van der Waals surface area contributed by atoms with Crippen molar-refractivity contribution in [2.45, 2.75) is 31.8 Å². The third-order valence-electron chi connectivity index (χ3n) is 4.41. The fourth-order valence-electron chi connectivity index (χ4n) is 3.07.